The molecule has 0 aliphatic rings. The van der Waals surface area contributed by atoms with Gasteiger partial charge in [0, 0.05) is 40.4 Å². The first-order valence-electron chi connectivity index (χ1n) is 8.33. The lowest BCUT2D eigenvalue weighted by Crippen LogP contribution is -2.40. The number of rotatable bonds is 10. The first kappa shape index (κ1) is 19.4. The maximum atomic E-state index is 5.52. The molecule has 2 N–H and O–H groups in total. The van der Waals surface area contributed by atoms with E-state index in [9.17, 15) is 0 Å². The zero-order chi connectivity index (χ0) is 17.9. The fourth-order valence-corrected chi connectivity index (χ4v) is 2.91. The summed E-state index contributed by atoms with van der Waals surface area (Å²) in [5, 5.41) is 8.57. The van der Waals surface area contributed by atoms with E-state index in [0.717, 1.165) is 49.2 Å². The van der Waals surface area contributed by atoms with E-state index >= 15 is 0 Å². The average molecular weight is 366 g/mol. The molecular weight excluding hydrogens is 338 g/mol. The second kappa shape index (κ2) is 10.9. The van der Waals surface area contributed by atoms with Crippen molar-refractivity contribution >= 4 is 17.3 Å². The Morgan fingerprint density at radius 2 is 2.28 bits per heavy atom. The topological polar surface area (TPSA) is 74.9 Å². The maximum Gasteiger partial charge on any atom is 0.236 e. The quantitative estimate of drug-likeness (QED) is 0.381. The molecule has 0 saturated carbocycles. The van der Waals surface area contributed by atoms with Crippen molar-refractivity contribution in [3.63, 3.8) is 0 Å². The maximum absolute atomic E-state index is 5.52. The Hall–Kier alpha value is -1.90. The van der Waals surface area contributed by atoms with E-state index in [-0.39, 0.29) is 0 Å². The van der Waals surface area contributed by atoms with Gasteiger partial charge >= 0.3 is 0 Å². The van der Waals surface area contributed by atoms with Gasteiger partial charge < -0.3 is 24.7 Å². The van der Waals surface area contributed by atoms with Gasteiger partial charge in [0.25, 0.3) is 0 Å². The van der Waals surface area contributed by atoms with Crippen molar-refractivity contribution in [3.8, 4) is 10.8 Å². The van der Waals surface area contributed by atoms with Crippen LogP contribution in [0.1, 0.15) is 12.1 Å². The Morgan fingerprint density at radius 1 is 1.40 bits per heavy atom. The number of likely N-dealkylation sites (N-methyl/N-ethyl adjacent to an activating group) is 1. The van der Waals surface area contributed by atoms with E-state index in [2.05, 4.69) is 32.6 Å². The van der Waals surface area contributed by atoms with Crippen LogP contribution in [0.4, 0.5) is 0 Å². The van der Waals surface area contributed by atoms with Crippen LogP contribution >= 0.6 is 11.3 Å². The summed E-state index contributed by atoms with van der Waals surface area (Å²) in [5.74, 6) is 1.42. The minimum atomic E-state index is 0.568. The molecule has 0 aliphatic heterocycles. The van der Waals surface area contributed by atoms with Gasteiger partial charge in [-0.1, -0.05) is 6.07 Å². The molecular formula is C17H27N5O2S. The van der Waals surface area contributed by atoms with Crippen LogP contribution in [0.5, 0.6) is 0 Å². The molecule has 0 saturated heterocycles. The molecule has 0 amide bonds. The van der Waals surface area contributed by atoms with Crippen molar-refractivity contribution in [1.82, 2.24) is 20.5 Å². The van der Waals surface area contributed by atoms with Gasteiger partial charge in [-0.2, -0.15) is 0 Å². The van der Waals surface area contributed by atoms with E-state index in [1.54, 1.807) is 31.8 Å². The third kappa shape index (κ3) is 6.85. The molecule has 0 atom stereocenters. The summed E-state index contributed by atoms with van der Waals surface area (Å²) in [6.07, 6.45) is 2.72. The number of aromatic nitrogens is 1. The van der Waals surface area contributed by atoms with Crippen molar-refractivity contribution in [2.45, 2.75) is 13.0 Å². The van der Waals surface area contributed by atoms with Gasteiger partial charge in [-0.05, 0) is 24.9 Å². The predicted octanol–water partition coefficient (Wildman–Crippen LogP) is 2.04. The van der Waals surface area contributed by atoms with Crippen LogP contribution in [0.15, 0.2) is 33.2 Å². The van der Waals surface area contributed by atoms with E-state index in [1.165, 1.54) is 0 Å². The zero-order valence-electron chi connectivity index (χ0n) is 15.1. The predicted molar refractivity (Wildman–Crippen MR) is 102 cm³/mol. The molecule has 2 aromatic rings. The standard InChI is InChI=1S/C17H27N5O2S/c1-18-17(19-7-9-22(2)8-5-10-23-3)20-12-14-13-24-16(21-14)15-6-4-11-25-15/h4,6,11,13H,5,7-10,12H2,1-3H3,(H2,18,19,20). The minimum Gasteiger partial charge on any atom is -0.443 e. The molecule has 0 bridgehead atoms. The molecule has 2 rings (SSSR count). The molecule has 0 spiro atoms. The number of guanidine groups is 1. The molecule has 0 radical (unpaired) electrons. The van der Waals surface area contributed by atoms with Gasteiger partial charge in [-0.3, -0.25) is 4.99 Å². The van der Waals surface area contributed by atoms with E-state index in [1.807, 2.05) is 17.5 Å². The van der Waals surface area contributed by atoms with E-state index < -0.39 is 0 Å². The Kier molecular flexibility index (Phi) is 8.44. The summed E-state index contributed by atoms with van der Waals surface area (Å²) in [6.45, 7) is 4.15. The number of aliphatic imine (C=N–C) groups is 1. The van der Waals surface area contributed by atoms with Gasteiger partial charge in [0.05, 0.1) is 17.1 Å². The Morgan fingerprint density at radius 3 is 3.00 bits per heavy atom. The molecule has 0 aromatic carbocycles. The summed E-state index contributed by atoms with van der Waals surface area (Å²) in [6, 6.07) is 3.98. The Labute approximate surface area is 153 Å². The van der Waals surface area contributed by atoms with Crippen LogP contribution in [-0.4, -0.2) is 63.3 Å². The first-order valence-corrected chi connectivity index (χ1v) is 9.21. The van der Waals surface area contributed by atoms with E-state index in [4.69, 9.17) is 9.15 Å². The largest absolute Gasteiger partial charge is 0.443 e. The number of nitrogens with zero attached hydrogens (tertiary/aromatic N) is 3. The number of hydrogen-bond donors (Lipinski definition) is 2. The number of hydrogen-bond acceptors (Lipinski definition) is 6. The van der Waals surface area contributed by atoms with Crippen molar-refractivity contribution in [1.29, 1.82) is 0 Å². The van der Waals surface area contributed by atoms with Crippen molar-refractivity contribution in [2.24, 2.45) is 4.99 Å². The average Bonchev–Trinajstić information content (AvgIpc) is 3.29. The van der Waals surface area contributed by atoms with Gasteiger partial charge in [0.15, 0.2) is 5.96 Å². The lowest BCUT2D eigenvalue weighted by atomic mass is 10.4. The number of nitrogens with one attached hydrogen (secondary N) is 2. The number of methoxy groups -OCH3 is 1. The van der Waals surface area contributed by atoms with Crippen LogP contribution in [0.25, 0.3) is 10.8 Å². The fraction of sp³-hybridized carbons (Fsp3) is 0.529. The van der Waals surface area contributed by atoms with Gasteiger partial charge in [0.2, 0.25) is 5.89 Å². The summed E-state index contributed by atoms with van der Waals surface area (Å²) in [5.41, 5.74) is 0.850. The summed E-state index contributed by atoms with van der Waals surface area (Å²) in [7, 11) is 5.60. The van der Waals surface area contributed by atoms with Crippen molar-refractivity contribution < 1.29 is 9.15 Å². The first-order chi connectivity index (χ1) is 12.2. The highest BCUT2D eigenvalue weighted by molar-refractivity contribution is 7.13. The highest BCUT2D eigenvalue weighted by Crippen LogP contribution is 2.23. The third-order valence-corrected chi connectivity index (χ3v) is 4.48. The van der Waals surface area contributed by atoms with Crippen molar-refractivity contribution in [3.05, 3.63) is 29.5 Å². The molecule has 0 fully saturated rings. The number of oxazole rings is 1. The lowest BCUT2D eigenvalue weighted by Gasteiger charge is -2.17. The van der Waals surface area contributed by atoms with Crippen LogP contribution in [0.2, 0.25) is 0 Å². The molecule has 7 nitrogen and oxygen atoms in total. The molecule has 0 aliphatic carbocycles. The Balaban J connectivity index is 1.68. The number of thiophene rings is 1. The highest BCUT2D eigenvalue weighted by Gasteiger charge is 2.08. The zero-order valence-corrected chi connectivity index (χ0v) is 15.9. The molecule has 2 heterocycles. The SMILES string of the molecule is CN=C(NCCN(C)CCCOC)NCc1coc(-c2cccs2)n1. The van der Waals surface area contributed by atoms with Crippen LogP contribution < -0.4 is 10.6 Å². The van der Waals surface area contributed by atoms with Gasteiger partial charge in [-0.15, -0.1) is 11.3 Å². The summed E-state index contributed by atoms with van der Waals surface area (Å²) < 4.78 is 10.6. The smallest absolute Gasteiger partial charge is 0.236 e. The van der Waals surface area contributed by atoms with Crippen LogP contribution in [0.3, 0.4) is 0 Å². The molecule has 138 valence electrons. The number of ether oxygens (including phenoxy) is 1. The highest BCUT2D eigenvalue weighted by atomic mass is 32.1. The normalized spacial score (nSPS) is 11.9. The molecule has 8 heteroatoms. The summed E-state index contributed by atoms with van der Waals surface area (Å²) >= 11 is 1.61. The molecule has 2 aromatic heterocycles. The van der Waals surface area contributed by atoms with Crippen LogP contribution in [-0.2, 0) is 11.3 Å². The van der Waals surface area contributed by atoms with Gasteiger partial charge in [0.1, 0.15) is 6.26 Å². The molecule has 25 heavy (non-hydrogen) atoms. The fourth-order valence-electron chi connectivity index (χ4n) is 2.25. The molecule has 0 unspecified atom stereocenters. The van der Waals surface area contributed by atoms with Gasteiger partial charge in [-0.25, -0.2) is 4.98 Å². The monoisotopic (exact) mass is 365 g/mol. The lowest BCUT2D eigenvalue weighted by molar-refractivity contribution is 0.180. The van der Waals surface area contributed by atoms with Crippen molar-refractivity contribution in [2.75, 3.05) is 47.4 Å². The Bertz CT molecular complexity index is 627. The van der Waals surface area contributed by atoms with Crippen LogP contribution in [0, 0.1) is 0 Å². The minimum absolute atomic E-state index is 0.568. The summed E-state index contributed by atoms with van der Waals surface area (Å²) in [4.78, 5) is 12.0. The second-order valence-corrected chi connectivity index (χ2v) is 6.57. The second-order valence-electron chi connectivity index (χ2n) is 5.62. The third-order valence-electron chi connectivity index (χ3n) is 3.62. The van der Waals surface area contributed by atoms with E-state index in [0.29, 0.717) is 12.4 Å².